The minimum Gasteiger partial charge on any atom is -0.481 e. The largest absolute Gasteiger partial charge is 0.481 e. The van der Waals surface area contributed by atoms with Gasteiger partial charge in [0.05, 0.1) is 24.3 Å². The summed E-state index contributed by atoms with van der Waals surface area (Å²) >= 11 is 0. The highest BCUT2D eigenvalue weighted by molar-refractivity contribution is 5.78. The summed E-state index contributed by atoms with van der Waals surface area (Å²) in [6.07, 6.45) is 6.10. The Morgan fingerprint density at radius 2 is 1.92 bits per heavy atom. The predicted octanol–water partition coefficient (Wildman–Crippen LogP) is 4.08. The van der Waals surface area contributed by atoms with Crippen LogP contribution in [0.5, 0.6) is 5.88 Å². The maximum atomic E-state index is 14.3. The molecule has 1 saturated heterocycles. The van der Waals surface area contributed by atoms with Gasteiger partial charge >= 0.3 is 0 Å². The SMILES string of the molecule is CC.COc1ccc2ncc(F)c(CCN3CC4CCCC4C3)c2n1. The second-order valence-corrected chi connectivity index (χ2v) is 6.77. The molecule has 2 unspecified atom stereocenters. The molecule has 0 bridgehead atoms. The maximum absolute atomic E-state index is 14.3. The third-order valence-electron chi connectivity index (χ3n) is 5.43. The smallest absolute Gasteiger partial charge is 0.213 e. The Labute approximate surface area is 149 Å². The van der Waals surface area contributed by atoms with Crippen molar-refractivity contribution in [3.63, 3.8) is 0 Å². The number of halogens is 1. The lowest BCUT2D eigenvalue weighted by molar-refractivity contribution is 0.314. The van der Waals surface area contributed by atoms with Crippen LogP contribution < -0.4 is 4.74 Å². The van der Waals surface area contributed by atoms with Gasteiger partial charge in [-0.25, -0.2) is 9.37 Å². The molecule has 2 aliphatic rings. The number of fused-ring (bicyclic) bond motifs is 2. The predicted molar refractivity (Wildman–Crippen MR) is 98.4 cm³/mol. The van der Waals surface area contributed by atoms with E-state index in [4.69, 9.17) is 4.74 Å². The van der Waals surface area contributed by atoms with Crippen molar-refractivity contribution in [2.45, 2.75) is 39.5 Å². The zero-order valence-corrected chi connectivity index (χ0v) is 15.5. The molecule has 0 amide bonds. The third-order valence-corrected chi connectivity index (χ3v) is 5.43. The Balaban J connectivity index is 0.000000880. The first kappa shape index (κ1) is 18.1. The number of methoxy groups -OCH3 is 1. The molecule has 0 spiro atoms. The first-order valence-corrected chi connectivity index (χ1v) is 9.45. The average molecular weight is 345 g/mol. The number of rotatable bonds is 4. The van der Waals surface area contributed by atoms with Crippen LogP contribution in [0.2, 0.25) is 0 Å². The topological polar surface area (TPSA) is 38.2 Å². The second kappa shape index (κ2) is 8.09. The molecule has 25 heavy (non-hydrogen) atoms. The van der Waals surface area contributed by atoms with Crippen LogP contribution in [0.25, 0.3) is 11.0 Å². The fourth-order valence-corrected chi connectivity index (χ4v) is 4.21. The highest BCUT2D eigenvalue weighted by Gasteiger charge is 2.35. The van der Waals surface area contributed by atoms with Gasteiger partial charge in [-0.15, -0.1) is 0 Å². The first-order chi connectivity index (χ1) is 12.2. The van der Waals surface area contributed by atoms with Crippen LogP contribution in [0, 0.1) is 17.7 Å². The molecule has 136 valence electrons. The Morgan fingerprint density at radius 1 is 1.20 bits per heavy atom. The summed E-state index contributed by atoms with van der Waals surface area (Å²) in [7, 11) is 1.57. The molecule has 1 aliphatic carbocycles. The van der Waals surface area contributed by atoms with Gasteiger partial charge < -0.3 is 9.64 Å². The molecule has 2 atom stereocenters. The summed E-state index contributed by atoms with van der Waals surface area (Å²) < 4.78 is 19.5. The molecule has 3 heterocycles. The highest BCUT2D eigenvalue weighted by Crippen LogP contribution is 2.37. The summed E-state index contributed by atoms with van der Waals surface area (Å²) in [6, 6.07) is 3.60. The van der Waals surface area contributed by atoms with E-state index in [1.54, 1.807) is 13.2 Å². The number of ether oxygens (including phenoxy) is 1. The van der Waals surface area contributed by atoms with Crippen molar-refractivity contribution in [2.24, 2.45) is 11.8 Å². The minimum atomic E-state index is -0.266. The van der Waals surface area contributed by atoms with Crippen molar-refractivity contribution in [3.05, 3.63) is 29.7 Å². The summed E-state index contributed by atoms with van der Waals surface area (Å²) in [4.78, 5) is 11.0. The van der Waals surface area contributed by atoms with E-state index in [0.717, 1.165) is 23.9 Å². The van der Waals surface area contributed by atoms with Gasteiger partial charge in [-0.3, -0.25) is 4.98 Å². The van der Waals surface area contributed by atoms with Gasteiger partial charge in [-0.1, -0.05) is 20.3 Å². The fourth-order valence-electron chi connectivity index (χ4n) is 4.21. The lowest BCUT2D eigenvalue weighted by Gasteiger charge is -2.17. The molecule has 2 fully saturated rings. The monoisotopic (exact) mass is 345 g/mol. The van der Waals surface area contributed by atoms with Crippen molar-refractivity contribution >= 4 is 11.0 Å². The molecule has 4 nitrogen and oxygen atoms in total. The van der Waals surface area contributed by atoms with Gasteiger partial charge in [0, 0.05) is 31.3 Å². The molecule has 2 aromatic heterocycles. The van der Waals surface area contributed by atoms with Crippen LogP contribution in [0.15, 0.2) is 18.3 Å². The van der Waals surface area contributed by atoms with E-state index >= 15 is 0 Å². The lowest BCUT2D eigenvalue weighted by atomic mass is 10.0. The van der Waals surface area contributed by atoms with Crippen LogP contribution in [0.3, 0.4) is 0 Å². The van der Waals surface area contributed by atoms with Gasteiger partial charge in [-0.05, 0) is 37.2 Å². The van der Waals surface area contributed by atoms with Crippen molar-refractivity contribution in [1.82, 2.24) is 14.9 Å². The second-order valence-electron chi connectivity index (χ2n) is 6.77. The molecular formula is C20H28FN3O. The number of hydrogen-bond acceptors (Lipinski definition) is 4. The minimum absolute atomic E-state index is 0.266. The van der Waals surface area contributed by atoms with Gasteiger partial charge in [0.15, 0.2) is 0 Å². The van der Waals surface area contributed by atoms with Crippen LogP contribution in [0.1, 0.15) is 38.7 Å². The number of likely N-dealkylation sites (tertiary alicyclic amines) is 1. The standard InChI is InChI=1S/C18H22FN3O.C2H6/c1-23-17-6-5-16-18(21-17)14(15(19)9-20-16)7-8-22-10-12-3-2-4-13(12)11-22;1-2/h5-6,9,12-13H,2-4,7-8,10-11H2,1H3;1-2H3. The summed E-state index contributed by atoms with van der Waals surface area (Å²) in [6.45, 7) is 7.24. The van der Waals surface area contributed by atoms with Gasteiger partial charge in [0.25, 0.3) is 0 Å². The van der Waals surface area contributed by atoms with Crippen LogP contribution in [-0.2, 0) is 6.42 Å². The summed E-state index contributed by atoms with van der Waals surface area (Å²) in [5.74, 6) is 1.97. The maximum Gasteiger partial charge on any atom is 0.213 e. The Kier molecular flexibility index (Phi) is 5.84. The Morgan fingerprint density at radius 3 is 2.60 bits per heavy atom. The molecule has 0 N–H and O–H groups in total. The van der Waals surface area contributed by atoms with Gasteiger partial charge in [0.2, 0.25) is 5.88 Å². The molecule has 1 aliphatic heterocycles. The Bertz CT molecular complexity index is 709. The zero-order chi connectivity index (χ0) is 17.8. The molecule has 5 heteroatoms. The quantitative estimate of drug-likeness (QED) is 0.837. The molecule has 1 saturated carbocycles. The fraction of sp³-hybridized carbons (Fsp3) is 0.600. The van der Waals surface area contributed by atoms with Crippen molar-refractivity contribution in [1.29, 1.82) is 0 Å². The average Bonchev–Trinajstić information content (AvgIpc) is 3.24. The lowest BCUT2D eigenvalue weighted by Crippen LogP contribution is -2.24. The van der Waals surface area contributed by atoms with E-state index in [1.165, 1.54) is 38.5 Å². The number of pyridine rings is 2. The Hall–Kier alpha value is -1.75. The number of nitrogens with zero attached hydrogens (tertiary/aromatic N) is 3. The normalized spacial score (nSPS) is 22.6. The molecule has 0 aromatic carbocycles. The van der Waals surface area contributed by atoms with E-state index in [0.29, 0.717) is 23.4 Å². The van der Waals surface area contributed by atoms with E-state index in [1.807, 2.05) is 19.9 Å². The number of hydrogen-bond donors (Lipinski definition) is 0. The van der Waals surface area contributed by atoms with Crippen molar-refractivity contribution in [2.75, 3.05) is 26.7 Å². The van der Waals surface area contributed by atoms with E-state index in [9.17, 15) is 4.39 Å². The zero-order valence-electron chi connectivity index (χ0n) is 15.5. The summed E-state index contributed by atoms with van der Waals surface area (Å²) in [5.41, 5.74) is 2.01. The van der Waals surface area contributed by atoms with Crippen molar-refractivity contribution in [3.8, 4) is 5.88 Å². The van der Waals surface area contributed by atoms with Gasteiger partial charge in [-0.2, -0.15) is 0 Å². The molecular weight excluding hydrogens is 317 g/mol. The third kappa shape index (κ3) is 3.76. The van der Waals surface area contributed by atoms with Crippen LogP contribution in [0.4, 0.5) is 4.39 Å². The van der Waals surface area contributed by atoms with Crippen LogP contribution >= 0.6 is 0 Å². The molecule has 2 aromatic rings. The first-order valence-electron chi connectivity index (χ1n) is 9.45. The van der Waals surface area contributed by atoms with E-state index < -0.39 is 0 Å². The van der Waals surface area contributed by atoms with Crippen LogP contribution in [-0.4, -0.2) is 41.6 Å². The molecule has 0 radical (unpaired) electrons. The van der Waals surface area contributed by atoms with E-state index in [2.05, 4.69) is 14.9 Å². The van der Waals surface area contributed by atoms with Crippen molar-refractivity contribution < 1.29 is 9.13 Å². The highest BCUT2D eigenvalue weighted by atomic mass is 19.1. The van der Waals surface area contributed by atoms with E-state index in [-0.39, 0.29) is 5.82 Å². The summed E-state index contributed by atoms with van der Waals surface area (Å²) in [5, 5.41) is 0. The molecule has 4 rings (SSSR count). The number of aromatic nitrogens is 2. The van der Waals surface area contributed by atoms with Gasteiger partial charge in [0.1, 0.15) is 5.82 Å².